The maximum Gasteiger partial charge on any atom is 0.311 e. The van der Waals surface area contributed by atoms with Crippen LogP contribution >= 0.6 is 0 Å². The summed E-state index contributed by atoms with van der Waals surface area (Å²) in [5.41, 5.74) is 0.446. The number of carbonyl (C=O) groups excluding carboxylic acids is 1. The van der Waals surface area contributed by atoms with Crippen molar-refractivity contribution < 1.29 is 18.7 Å². The highest BCUT2D eigenvalue weighted by molar-refractivity contribution is 5.72. The first-order valence-corrected chi connectivity index (χ1v) is 8.90. The van der Waals surface area contributed by atoms with Crippen LogP contribution in [0.1, 0.15) is 59.4 Å². The summed E-state index contributed by atoms with van der Waals surface area (Å²) in [4.78, 5) is 12.0. The Morgan fingerprint density at radius 1 is 1.20 bits per heavy atom. The molecule has 0 amide bonds. The van der Waals surface area contributed by atoms with Gasteiger partial charge in [0.1, 0.15) is 0 Å². The summed E-state index contributed by atoms with van der Waals surface area (Å²) < 4.78 is 24.9. The lowest BCUT2D eigenvalue weighted by Gasteiger charge is -2.29. The van der Waals surface area contributed by atoms with Crippen molar-refractivity contribution >= 4 is 5.97 Å². The fourth-order valence-corrected chi connectivity index (χ4v) is 2.20. The van der Waals surface area contributed by atoms with Gasteiger partial charge >= 0.3 is 5.97 Å². The normalized spacial score (nSPS) is 12.3. The number of halogens is 1. The third-order valence-electron chi connectivity index (χ3n) is 4.46. The van der Waals surface area contributed by atoms with E-state index in [0.717, 1.165) is 18.4 Å². The molecule has 0 saturated carbocycles. The quantitative estimate of drug-likeness (QED) is 0.504. The van der Waals surface area contributed by atoms with Crippen LogP contribution in [0.4, 0.5) is 4.39 Å². The van der Waals surface area contributed by atoms with Gasteiger partial charge in [0.05, 0.1) is 5.60 Å². The fraction of sp³-hybridized carbons (Fsp3) is 0.650. The highest BCUT2D eigenvalue weighted by atomic mass is 19.1. The topological polar surface area (TPSA) is 47.6 Å². The molecule has 0 bridgehead atoms. The minimum absolute atomic E-state index is 0.0111. The lowest BCUT2D eigenvalue weighted by Crippen LogP contribution is -2.38. The van der Waals surface area contributed by atoms with E-state index in [9.17, 15) is 9.18 Å². The zero-order valence-electron chi connectivity index (χ0n) is 16.4. The van der Waals surface area contributed by atoms with E-state index in [-0.39, 0.29) is 17.7 Å². The SMILES string of the molecule is CCc1ccc(OC(=O)CCC(C)(C)OCCC(C)(C)NC)c(F)c1. The summed E-state index contributed by atoms with van der Waals surface area (Å²) in [6, 6.07) is 4.68. The smallest absolute Gasteiger partial charge is 0.311 e. The zero-order chi connectivity index (χ0) is 19.1. The summed E-state index contributed by atoms with van der Waals surface area (Å²) in [5.74, 6) is -0.968. The predicted molar refractivity (Wildman–Crippen MR) is 98.4 cm³/mol. The molecule has 0 aliphatic heterocycles. The number of carbonyl (C=O) groups is 1. The summed E-state index contributed by atoms with van der Waals surface area (Å²) >= 11 is 0. The molecule has 0 fully saturated rings. The molecule has 0 spiro atoms. The Hall–Kier alpha value is -1.46. The van der Waals surface area contributed by atoms with Crippen molar-refractivity contribution in [1.29, 1.82) is 0 Å². The molecule has 1 aromatic carbocycles. The van der Waals surface area contributed by atoms with Crippen LogP contribution in [0.5, 0.6) is 5.75 Å². The minimum atomic E-state index is -0.502. The van der Waals surface area contributed by atoms with Gasteiger partial charge in [0.2, 0.25) is 0 Å². The number of nitrogens with one attached hydrogen (secondary N) is 1. The van der Waals surface area contributed by atoms with E-state index < -0.39 is 17.4 Å². The van der Waals surface area contributed by atoms with Gasteiger partial charge in [-0.15, -0.1) is 0 Å². The molecule has 0 aliphatic carbocycles. The Morgan fingerprint density at radius 2 is 1.88 bits per heavy atom. The van der Waals surface area contributed by atoms with Gasteiger partial charge < -0.3 is 14.8 Å². The summed E-state index contributed by atoms with van der Waals surface area (Å²) in [5, 5.41) is 3.23. The number of aryl methyl sites for hydroxylation is 1. The van der Waals surface area contributed by atoms with Crippen LogP contribution < -0.4 is 10.1 Å². The van der Waals surface area contributed by atoms with Crippen molar-refractivity contribution in [2.24, 2.45) is 0 Å². The zero-order valence-corrected chi connectivity index (χ0v) is 16.4. The van der Waals surface area contributed by atoms with Crippen molar-refractivity contribution in [2.45, 2.75) is 71.4 Å². The second-order valence-electron chi connectivity index (χ2n) is 7.58. The van der Waals surface area contributed by atoms with E-state index in [1.165, 1.54) is 12.1 Å². The first-order chi connectivity index (χ1) is 11.6. The van der Waals surface area contributed by atoms with Gasteiger partial charge in [0.15, 0.2) is 11.6 Å². The largest absolute Gasteiger partial charge is 0.423 e. The maximum absolute atomic E-state index is 13.9. The van der Waals surface area contributed by atoms with E-state index in [2.05, 4.69) is 19.2 Å². The number of esters is 1. The lowest BCUT2D eigenvalue weighted by atomic mass is 10.0. The van der Waals surface area contributed by atoms with E-state index in [1.807, 2.05) is 27.8 Å². The molecule has 1 rings (SSSR count). The van der Waals surface area contributed by atoms with E-state index in [1.54, 1.807) is 6.07 Å². The molecule has 0 unspecified atom stereocenters. The number of ether oxygens (including phenoxy) is 2. The maximum atomic E-state index is 13.9. The summed E-state index contributed by atoms with van der Waals surface area (Å²) in [7, 11) is 1.92. The lowest BCUT2D eigenvalue weighted by molar-refractivity contribution is -0.136. The molecule has 0 saturated heterocycles. The molecule has 0 radical (unpaired) electrons. The average molecular weight is 353 g/mol. The first kappa shape index (κ1) is 21.6. The molecule has 0 aliphatic rings. The van der Waals surface area contributed by atoms with E-state index in [4.69, 9.17) is 9.47 Å². The second-order valence-corrected chi connectivity index (χ2v) is 7.58. The van der Waals surface area contributed by atoms with Crippen LogP contribution in [0.3, 0.4) is 0 Å². The Labute approximate surface area is 151 Å². The van der Waals surface area contributed by atoms with Crippen molar-refractivity contribution in [3.05, 3.63) is 29.6 Å². The standard InChI is InChI=1S/C20H32FNO3/c1-7-15-8-9-17(16(21)14-15)25-18(23)10-11-20(4,5)24-13-12-19(2,3)22-6/h8-9,14,22H,7,10-13H2,1-6H3. The number of hydrogen-bond acceptors (Lipinski definition) is 4. The third-order valence-corrected chi connectivity index (χ3v) is 4.46. The fourth-order valence-electron chi connectivity index (χ4n) is 2.20. The molecule has 5 heteroatoms. The Kier molecular flexibility index (Phi) is 8.03. The van der Waals surface area contributed by atoms with Crippen LogP contribution in [0, 0.1) is 5.82 Å². The molecule has 142 valence electrons. The van der Waals surface area contributed by atoms with Gasteiger partial charge in [-0.1, -0.05) is 13.0 Å². The average Bonchev–Trinajstić information content (AvgIpc) is 2.54. The van der Waals surface area contributed by atoms with Gasteiger partial charge in [-0.2, -0.15) is 0 Å². The Morgan fingerprint density at radius 3 is 2.44 bits per heavy atom. The van der Waals surface area contributed by atoms with Gasteiger partial charge in [-0.05, 0) is 71.7 Å². The highest BCUT2D eigenvalue weighted by Gasteiger charge is 2.23. The van der Waals surface area contributed by atoms with Gasteiger partial charge in [0.25, 0.3) is 0 Å². The van der Waals surface area contributed by atoms with Crippen LogP contribution in [-0.2, 0) is 16.0 Å². The monoisotopic (exact) mass is 353 g/mol. The molecule has 1 N–H and O–H groups in total. The van der Waals surface area contributed by atoms with E-state index >= 15 is 0 Å². The van der Waals surface area contributed by atoms with Crippen LogP contribution in [-0.4, -0.2) is 30.8 Å². The predicted octanol–water partition coefficient (Wildman–Crippen LogP) is 4.26. The Balaban J connectivity index is 2.44. The van der Waals surface area contributed by atoms with Crippen LogP contribution in [0.2, 0.25) is 0 Å². The van der Waals surface area contributed by atoms with Crippen molar-refractivity contribution in [1.82, 2.24) is 5.32 Å². The summed E-state index contributed by atoms with van der Waals surface area (Å²) in [6.45, 7) is 10.7. The molecular weight excluding hydrogens is 321 g/mol. The second kappa shape index (κ2) is 9.30. The number of rotatable bonds is 10. The first-order valence-electron chi connectivity index (χ1n) is 8.90. The van der Waals surface area contributed by atoms with Crippen molar-refractivity contribution in [2.75, 3.05) is 13.7 Å². The van der Waals surface area contributed by atoms with Crippen molar-refractivity contribution in [3.63, 3.8) is 0 Å². The Bertz CT molecular complexity index is 570. The number of hydrogen-bond donors (Lipinski definition) is 1. The molecule has 1 aromatic rings. The molecule has 4 nitrogen and oxygen atoms in total. The minimum Gasteiger partial charge on any atom is -0.423 e. The molecule has 0 aromatic heterocycles. The number of benzene rings is 1. The van der Waals surface area contributed by atoms with Crippen LogP contribution in [0.25, 0.3) is 0 Å². The van der Waals surface area contributed by atoms with Gasteiger partial charge in [-0.25, -0.2) is 4.39 Å². The van der Waals surface area contributed by atoms with Crippen molar-refractivity contribution in [3.8, 4) is 5.75 Å². The summed E-state index contributed by atoms with van der Waals surface area (Å²) in [6.07, 6.45) is 2.30. The molecule has 0 atom stereocenters. The molecule has 0 heterocycles. The molecular formula is C20H32FNO3. The molecule has 25 heavy (non-hydrogen) atoms. The van der Waals surface area contributed by atoms with Gasteiger partial charge in [0, 0.05) is 18.6 Å². The third kappa shape index (κ3) is 7.97. The van der Waals surface area contributed by atoms with Crippen LogP contribution in [0.15, 0.2) is 18.2 Å². The highest BCUT2D eigenvalue weighted by Crippen LogP contribution is 2.22. The van der Waals surface area contributed by atoms with Gasteiger partial charge in [-0.3, -0.25) is 4.79 Å². The van der Waals surface area contributed by atoms with E-state index in [0.29, 0.717) is 13.0 Å².